The number of carbonyl (C=O) groups is 1. The summed E-state index contributed by atoms with van der Waals surface area (Å²) in [6.07, 6.45) is 7.78. The van der Waals surface area contributed by atoms with Gasteiger partial charge in [-0.05, 0) is 51.7 Å². The Balaban J connectivity index is 1.39. The predicted molar refractivity (Wildman–Crippen MR) is 103 cm³/mol. The number of likely N-dealkylation sites (N-methyl/N-ethyl adjacent to an activating group) is 1. The molecule has 2 fully saturated rings. The summed E-state index contributed by atoms with van der Waals surface area (Å²) < 4.78 is 0. The lowest BCUT2D eigenvalue weighted by molar-refractivity contribution is -0.122. The van der Waals surface area contributed by atoms with Crippen LogP contribution in [0, 0.1) is 5.92 Å². The van der Waals surface area contributed by atoms with Gasteiger partial charge in [0.05, 0.1) is 17.2 Å². The molecule has 3 rings (SSSR count). The van der Waals surface area contributed by atoms with Gasteiger partial charge in [-0.3, -0.25) is 9.69 Å². The molecular weight excluding hydrogens is 332 g/mol. The van der Waals surface area contributed by atoms with Gasteiger partial charge in [0, 0.05) is 31.4 Å². The van der Waals surface area contributed by atoms with E-state index in [0.717, 1.165) is 38.0 Å². The fourth-order valence-corrected chi connectivity index (χ4v) is 5.13. The summed E-state index contributed by atoms with van der Waals surface area (Å²) in [5.74, 6) is 1.59. The molecule has 1 saturated carbocycles. The van der Waals surface area contributed by atoms with Crippen molar-refractivity contribution in [3.63, 3.8) is 0 Å². The van der Waals surface area contributed by atoms with Crippen LogP contribution in [0.2, 0.25) is 0 Å². The molecule has 1 aromatic heterocycles. The van der Waals surface area contributed by atoms with E-state index in [0.29, 0.717) is 6.54 Å². The van der Waals surface area contributed by atoms with E-state index < -0.39 is 0 Å². The molecule has 0 bridgehead atoms. The van der Waals surface area contributed by atoms with E-state index in [1.807, 2.05) is 11.3 Å². The zero-order chi connectivity index (χ0) is 17.6. The molecule has 1 aliphatic carbocycles. The number of rotatable bonds is 7. The van der Waals surface area contributed by atoms with Gasteiger partial charge in [0.2, 0.25) is 5.91 Å². The van der Waals surface area contributed by atoms with Crippen molar-refractivity contribution in [2.45, 2.75) is 51.0 Å². The van der Waals surface area contributed by atoms with Crippen LogP contribution in [0.4, 0.5) is 0 Å². The highest BCUT2D eigenvalue weighted by Gasteiger charge is 2.23. The molecule has 1 saturated heterocycles. The Labute approximate surface area is 155 Å². The molecule has 0 unspecified atom stereocenters. The lowest BCUT2D eigenvalue weighted by Gasteiger charge is -2.33. The summed E-state index contributed by atoms with van der Waals surface area (Å²) in [5, 5.41) is 6.33. The number of carbonyl (C=O) groups excluding carboxylic acids is 1. The SMILES string of the molecule is CNC(=O)CN1CCC(CN(C)Cc2csc(C3CCCC3)n2)CC1. The second kappa shape index (κ2) is 9.10. The molecule has 0 aromatic carbocycles. The molecule has 0 atom stereocenters. The van der Waals surface area contributed by atoms with Crippen LogP contribution in [-0.4, -0.2) is 61.0 Å². The number of aromatic nitrogens is 1. The van der Waals surface area contributed by atoms with Gasteiger partial charge in [-0.25, -0.2) is 4.98 Å². The third-order valence-corrected chi connectivity index (χ3v) is 6.68. The van der Waals surface area contributed by atoms with Gasteiger partial charge in [-0.1, -0.05) is 12.8 Å². The van der Waals surface area contributed by atoms with Crippen LogP contribution in [0.3, 0.4) is 0 Å². The largest absolute Gasteiger partial charge is 0.358 e. The van der Waals surface area contributed by atoms with Crippen molar-refractivity contribution in [1.29, 1.82) is 0 Å². The van der Waals surface area contributed by atoms with Crippen molar-refractivity contribution in [3.8, 4) is 0 Å². The van der Waals surface area contributed by atoms with Gasteiger partial charge in [0.1, 0.15) is 0 Å². The second-order valence-electron chi connectivity index (χ2n) is 7.75. The summed E-state index contributed by atoms with van der Waals surface area (Å²) >= 11 is 1.86. The third-order valence-electron chi connectivity index (χ3n) is 5.63. The lowest BCUT2D eigenvalue weighted by Crippen LogP contribution is -2.42. The number of nitrogens with one attached hydrogen (secondary N) is 1. The van der Waals surface area contributed by atoms with Crippen LogP contribution >= 0.6 is 11.3 Å². The van der Waals surface area contributed by atoms with Crippen LogP contribution in [0.5, 0.6) is 0 Å². The molecule has 1 amide bonds. The fourth-order valence-electron chi connectivity index (χ4n) is 4.15. The van der Waals surface area contributed by atoms with Crippen molar-refractivity contribution in [2.75, 3.05) is 40.3 Å². The maximum atomic E-state index is 11.5. The number of hydrogen-bond donors (Lipinski definition) is 1. The van der Waals surface area contributed by atoms with Crippen LogP contribution in [0.1, 0.15) is 55.1 Å². The summed E-state index contributed by atoms with van der Waals surface area (Å²) in [6, 6.07) is 0. The summed E-state index contributed by atoms with van der Waals surface area (Å²) in [6.45, 7) is 4.70. The zero-order valence-corrected chi connectivity index (χ0v) is 16.5. The first-order valence-corrected chi connectivity index (χ1v) is 10.6. The first kappa shape index (κ1) is 18.8. The molecule has 1 N–H and O–H groups in total. The Kier molecular flexibility index (Phi) is 6.84. The van der Waals surface area contributed by atoms with Gasteiger partial charge in [0.25, 0.3) is 0 Å². The molecule has 140 valence electrons. The number of hydrogen-bond acceptors (Lipinski definition) is 5. The minimum atomic E-state index is 0.122. The molecule has 2 heterocycles. The first-order chi connectivity index (χ1) is 12.1. The maximum absolute atomic E-state index is 11.5. The van der Waals surface area contributed by atoms with Gasteiger partial charge < -0.3 is 10.2 Å². The molecule has 5 nitrogen and oxygen atoms in total. The molecule has 6 heteroatoms. The smallest absolute Gasteiger partial charge is 0.233 e. The van der Waals surface area contributed by atoms with Crippen LogP contribution in [-0.2, 0) is 11.3 Å². The Morgan fingerprint density at radius 2 is 2.04 bits per heavy atom. The monoisotopic (exact) mass is 364 g/mol. The van der Waals surface area contributed by atoms with E-state index in [9.17, 15) is 4.79 Å². The third kappa shape index (κ3) is 5.50. The second-order valence-corrected chi connectivity index (χ2v) is 8.64. The van der Waals surface area contributed by atoms with Crippen molar-refractivity contribution in [3.05, 3.63) is 16.1 Å². The van der Waals surface area contributed by atoms with E-state index in [2.05, 4.69) is 27.5 Å². The van der Waals surface area contributed by atoms with Crippen LogP contribution in [0.25, 0.3) is 0 Å². The Bertz CT molecular complexity index is 547. The summed E-state index contributed by atoms with van der Waals surface area (Å²) in [5.41, 5.74) is 1.24. The van der Waals surface area contributed by atoms with E-state index in [1.165, 1.54) is 49.2 Å². The normalized spacial score (nSPS) is 20.4. The van der Waals surface area contributed by atoms with Crippen molar-refractivity contribution < 1.29 is 4.79 Å². The molecule has 25 heavy (non-hydrogen) atoms. The molecule has 0 spiro atoms. The predicted octanol–water partition coefficient (Wildman–Crippen LogP) is 2.69. The van der Waals surface area contributed by atoms with Crippen LogP contribution < -0.4 is 5.32 Å². The fraction of sp³-hybridized carbons (Fsp3) is 0.789. The highest BCUT2D eigenvalue weighted by atomic mass is 32.1. The molecule has 0 radical (unpaired) electrons. The average Bonchev–Trinajstić information content (AvgIpc) is 3.27. The Morgan fingerprint density at radius 1 is 1.32 bits per heavy atom. The molecule has 2 aliphatic rings. The Hall–Kier alpha value is -0.980. The number of likely N-dealkylation sites (tertiary alicyclic amines) is 1. The van der Waals surface area contributed by atoms with Crippen molar-refractivity contribution >= 4 is 17.2 Å². The van der Waals surface area contributed by atoms with Gasteiger partial charge in [0.15, 0.2) is 0 Å². The van der Waals surface area contributed by atoms with E-state index in [4.69, 9.17) is 4.98 Å². The minimum absolute atomic E-state index is 0.122. The van der Waals surface area contributed by atoms with Gasteiger partial charge >= 0.3 is 0 Å². The van der Waals surface area contributed by atoms with E-state index in [-0.39, 0.29) is 5.91 Å². The topological polar surface area (TPSA) is 48.5 Å². The van der Waals surface area contributed by atoms with E-state index >= 15 is 0 Å². The van der Waals surface area contributed by atoms with Gasteiger partial charge in [-0.2, -0.15) is 0 Å². The minimum Gasteiger partial charge on any atom is -0.358 e. The first-order valence-electron chi connectivity index (χ1n) is 9.70. The van der Waals surface area contributed by atoms with Gasteiger partial charge in [-0.15, -0.1) is 11.3 Å². The van der Waals surface area contributed by atoms with E-state index in [1.54, 1.807) is 7.05 Å². The summed E-state index contributed by atoms with van der Waals surface area (Å²) in [4.78, 5) is 21.1. The number of piperidine rings is 1. The number of nitrogens with zero attached hydrogens (tertiary/aromatic N) is 3. The van der Waals surface area contributed by atoms with Crippen molar-refractivity contribution in [1.82, 2.24) is 20.1 Å². The average molecular weight is 365 g/mol. The highest BCUT2D eigenvalue weighted by Crippen LogP contribution is 2.35. The standard InChI is InChI=1S/C19H32N4OS/c1-20-18(24)13-23-9-7-15(8-10-23)11-22(2)12-17-14-25-19(21-17)16-5-3-4-6-16/h14-16H,3-13H2,1-2H3,(H,20,24). The highest BCUT2D eigenvalue weighted by molar-refractivity contribution is 7.09. The molecule has 1 aromatic rings. The number of amides is 1. The quantitative estimate of drug-likeness (QED) is 0.808. The van der Waals surface area contributed by atoms with Crippen LogP contribution in [0.15, 0.2) is 5.38 Å². The van der Waals surface area contributed by atoms with Crippen molar-refractivity contribution in [2.24, 2.45) is 5.92 Å². The number of thiazole rings is 1. The molecule has 1 aliphatic heterocycles. The zero-order valence-electron chi connectivity index (χ0n) is 15.7. The summed E-state index contributed by atoms with van der Waals surface area (Å²) in [7, 11) is 3.92. The lowest BCUT2D eigenvalue weighted by atomic mass is 9.96. The Morgan fingerprint density at radius 3 is 2.72 bits per heavy atom. The maximum Gasteiger partial charge on any atom is 0.233 e. The molecular formula is C19H32N4OS.